The van der Waals surface area contributed by atoms with Crippen LogP contribution in [-0.2, 0) is 42.7 Å². The fourth-order valence-electron chi connectivity index (χ4n) is 6.03. The van der Waals surface area contributed by atoms with Gasteiger partial charge in [-0.3, -0.25) is 19.3 Å². The Bertz CT molecular complexity index is 1930. The van der Waals surface area contributed by atoms with Gasteiger partial charge < -0.3 is 53.7 Å². The van der Waals surface area contributed by atoms with Crippen molar-refractivity contribution in [2.45, 2.75) is 33.2 Å². The van der Waals surface area contributed by atoms with Gasteiger partial charge in [0.1, 0.15) is 29.2 Å². The van der Waals surface area contributed by atoms with Gasteiger partial charge in [-0.25, -0.2) is 0 Å². The van der Waals surface area contributed by atoms with Crippen LogP contribution < -0.4 is 15.8 Å². The highest BCUT2D eigenvalue weighted by Crippen LogP contribution is 2.39. The summed E-state index contributed by atoms with van der Waals surface area (Å²) in [7, 11) is 0. The number of pyridine rings is 1. The smallest absolute Gasteiger partial charge is 0.227 e. The molecule has 1 amide bonds. The van der Waals surface area contributed by atoms with Crippen molar-refractivity contribution in [1.29, 1.82) is 0 Å². The maximum Gasteiger partial charge on any atom is 0.227 e. The number of aromatic nitrogens is 4. The molecule has 5 rings (SSSR count). The average Bonchev–Trinajstić information content (AvgIpc) is 3.73. The maximum atomic E-state index is 13.5. The molecule has 17 nitrogen and oxygen atoms in total. The van der Waals surface area contributed by atoms with E-state index in [0.717, 1.165) is 33.2 Å². The zero-order valence-electron chi connectivity index (χ0n) is 35.2. The molecular weight excluding hydrogens is 830 g/mol. The summed E-state index contributed by atoms with van der Waals surface area (Å²) in [5.74, 6) is 1.57. The van der Waals surface area contributed by atoms with Crippen LogP contribution in [0.1, 0.15) is 45.7 Å². The number of rotatable bonds is 31. The van der Waals surface area contributed by atoms with Crippen LogP contribution >= 0.6 is 22.9 Å². The molecule has 61 heavy (non-hydrogen) atoms. The Morgan fingerprint density at radius 2 is 1.26 bits per heavy atom. The van der Waals surface area contributed by atoms with Crippen LogP contribution in [0, 0.1) is 20.8 Å². The van der Waals surface area contributed by atoms with Gasteiger partial charge in [0.25, 0.3) is 0 Å². The fourth-order valence-corrected chi connectivity index (χ4v) is 7.37. The van der Waals surface area contributed by atoms with Crippen LogP contribution in [0.5, 0.6) is 5.75 Å². The number of nitrogens with one attached hydrogen (secondary N) is 1. The number of nitrogens with two attached hydrogens (primary N) is 1. The van der Waals surface area contributed by atoms with Gasteiger partial charge in [-0.1, -0.05) is 23.7 Å². The molecule has 0 spiro atoms. The number of aryl methyl sites for hydroxylation is 2. The summed E-state index contributed by atoms with van der Waals surface area (Å²) in [5, 5.41) is 13.4. The second-order valence-corrected chi connectivity index (χ2v) is 15.2. The van der Waals surface area contributed by atoms with Gasteiger partial charge in [0.15, 0.2) is 5.82 Å². The number of carbonyl (C=O) groups is 1. The minimum Gasteiger partial charge on any atom is -0.489 e. The Kier molecular flexibility index (Phi) is 21.5. The third-order valence-electron chi connectivity index (χ3n) is 9.10. The number of ether oxygens (including phenoxy) is 9. The topological polar surface area (TPSA) is 194 Å². The van der Waals surface area contributed by atoms with Crippen LogP contribution in [0.25, 0.3) is 5.00 Å². The Balaban J connectivity index is 0.909. The van der Waals surface area contributed by atoms with E-state index in [1.165, 1.54) is 4.88 Å². The van der Waals surface area contributed by atoms with Crippen molar-refractivity contribution in [3.8, 4) is 10.8 Å². The van der Waals surface area contributed by atoms with E-state index >= 15 is 0 Å². The van der Waals surface area contributed by atoms with Gasteiger partial charge in [-0.15, -0.1) is 21.5 Å². The summed E-state index contributed by atoms with van der Waals surface area (Å²) in [6.07, 6.45) is 3.18. The summed E-state index contributed by atoms with van der Waals surface area (Å²) in [6, 6.07) is 8.70. The molecule has 4 heterocycles. The first-order valence-corrected chi connectivity index (χ1v) is 21.6. The molecule has 19 heteroatoms. The first-order chi connectivity index (χ1) is 29.9. The lowest BCUT2D eigenvalue weighted by Crippen LogP contribution is -2.17. The standard InChI is InChI=1S/C42H58ClN7O10S/c1-30-31(2)61-42-39(30)40(33-4-6-34(43)7-5-33)47-37(41-49-48-32(3)50(41)42)27-38(51)46-35-26-36(29-45-28-35)60-25-24-59-23-22-58-21-20-57-19-18-56-17-16-55-15-14-54-13-12-53-11-10-52-9-8-44/h4-7,26,28-29,37H,8-25,27,44H2,1-3H3,(H,46,51). The molecule has 1 aliphatic rings. The minimum absolute atomic E-state index is 0.0312. The molecule has 0 radical (unpaired) electrons. The number of nitrogens with zero attached hydrogens (tertiary/aromatic N) is 5. The molecule has 1 aliphatic heterocycles. The van der Waals surface area contributed by atoms with Gasteiger partial charge >= 0.3 is 0 Å². The first-order valence-electron chi connectivity index (χ1n) is 20.4. The number of thiophene rings is 1. The van der Waals surface area contributed by atoms with E-state index in [1.807, 2.05) is 35.8 Å². The summed E-state index contributed by atoms with van der Waals surface area (Å²) in [4.78, 5) is 24.1. The van der Waals surface area contributed by atoms with E-state index in [-0.39, 0.29) is 12.3 Å². The predicted molar refractivity (Wildman–Crippen MR) is 232 cm³/mol. The minimum atomic E-state index is -0.600. The predicted octanol–water partition coefficient (Wildman–Crippen LogP) is 4.69. The quantitative estimate of drug-likeness (QED) is 0.0661. The average molecular weight is 888 g/mol. The second-order valence-electron chi connectivity index (χ2n) is 13.6. The number of hydrogen-bond donors (Lipinski definition) is 2. The molecule has 1 unspecified atom stereocenters. The highest BCUT2D eigenvalue weighted by Gasteiger charge is 2.32. The number of aliphatic imine (C=N–C) groups is 1. The van der Waals surface area contributed by atoms with Crippen LogP contribution in [0.4, 0.5) is 5.69 Å². The number of anilines is 1. The number of fused-ring (bicyclic) bond motifs is 3. The molecule has 3 aromatic heterocycles. The summed E-state index contributed by atoms with van der Waals surface area (Å²) in [6.45, 7) is 14.6. The molecule has 3 N–H and O–H groups in total. The molecular formula is C42H58ClN7O10S. The molecule has 1 aromatic carbocycles. The van der Waals surface area contributed by atoms with Gasteiger partial charge in [-0.05, 0) is 38.5 Å². The van der Waals surface area contributed by atoms with Gasteiger partial charge in [0.05, 0.1) is 136 Å². The van der Waals surface area contributed by atoms with Crippen molar-refractivity contribution in [2.24, 2.45) is 10.7 Å². The molecule has 4 aromatic rings. The lowest BCUT2D eigenvalue weighted by atomic mass is 9.99. The Morgan fingerprint density at radius 1 is 0.738 bits per heavy atom. The monoisotopic (exact) mass is 887 g/mol. The molecule has 334 valence electrons. The SMILES string of the molecule is Cc1sc2c(c1C)C(c1ccc(Cl)cc1)=NC(CC(=O)Nc1cncc(OCCOCCOCCOCCOCCOCCOCCOCCOCCN)c1)c1nnc(C)n1-2. The van der Waals surface area contributed by atoms with E-state index < -0.39 is 6.04 Å². The number of halogens is 1. The van der Waals surface area contributed by atoms with Crippen molar-refractivity contribution >= 4 is 40.2 Å². The van der Waals surface area contributed by atoms with Crippen molar-refractivity contribution in [3.05, 3.63) is 81.0 Å². The molecule has 0 saturated heterocycles. The lowest BCUT2D eigenvalue weighted by Gasteiger charge is -2.13. The lowest BCUT2D eigenvalue weighted by molar-refractivity contribution is -0.116. The number of carbonyl (C=O) groups excluding carboxylic acids is 1. The van der Waals surface area contributed by atoms with Crippen LogP contribution in [0.3, 0.4) is 0 Å². The van der Waals surface area contributed by atoms with E-state index in [9.17, 15) is 4.79 Å². The molecule has 0 aliphatic carbocycles. The van der Waals surface area contributed by atoms with Gasteiger partial charge in [0.2, 0.25) is 5.91 Å². The second kappa shape index (κ2) is 27.2. The highest BCUT2D eigenvalue weighted by molar-refractivity contribution is 7.15. The molecule has 0 saturated carbocycles. The third-order valence-corrected chi connectivity index (χ3v) is 10.5. The zero-order chi connectivity index (χ0) is 43.1. The highest BCUT2D eigenvalue weighted by atomic mass is 35.5. The van der Waals surface area contributed by atoms with Gasteiger partial charge in [0, 0.05) is 33.6 Å². The molecule has 0 fully saturated rings. The Morgan fingerprint density at radius 3 is 1.80 bits per heavy atom. The van der Waals surface area contributed by atoms with Crippen LogP contribution in [0.15, 0.2) is 47.7 Å². The van der Waals surface area contributed by atoms with Gasteiger partial charge in [-0.2, -0.15) is 0 Å². The summed E-state index contributed by atoms with van der Waals surface area (Å²) in [5.41, 5.74) is 9.66. The Labute approximate surface area is 366 Å². The van der Waals surface area contributed by atoms with E-state index in [1.54, 1.807) is 29.8 Å². The molecule has 0 bridgehead atoms. The molecule has 1 atom stereocenters. The van der Waals surface area contributed by atoms with Crippen molar-refractivity contribution < 1.29 is 47.4 Å². The maximum absolute atomic E-state index is 13.5. The van der Waals surface area contributed by atoms with E-state index in [0.29, 0.717) is 141 Å². The van der Waals surface area contributed by atoms with E-state index in [4.69, 9.17) is 65.0 Å². The van der Waals surface area contributed by atoms with Crippen molar-refractivity contribution in [3.63, 3.8) is 0 Å². The largest absolute Gasteiger partial charge is 0.489 e. The summed E-state index contributed by atoms with van der Waals surface area (Å²) < 4.78 is 51.6. The normalized spacial score (nSPS) is 13.5. The van der Waals surface area contributed by atoms with Crippen molar-refractivity contribution in [1.82, 2.24) is 19.7 Å². The van der Waals surface area contributed by atoms with Crippen molar-refractivity contribution in [2.75, 3.05) is 124 Å². The number of amides is 1. The summed E-state index contributed by atoms with van der Waals surface area (Å²) >= 11 is 7.90. The van der Waals surface area contributed by atoms with E-state index in [2.05, 4.69) is 34.3 Å². The fraction of sp³-hybridized carbons (Fsp3) is 0.548. The van der Waals surface area contributed by atoms with Crippen LogP contribution in [0.2, 0.25) is 5.02 Å². The third kappa shape index (κ3) is 16.1. The zero-order valence-corrected chi connectivity index (χ0v) is 36.8. The number of hydrogen-bond acceptors (Lipinski definition) is 16. The Hall–Kier alpha value is -3.92. The number of benzene rings is 1. The first kappa shape index (κ1) is 48.1. The van der Waals surface area contributed by atoms with Crippen LogP contribution in [-0.4, -0.2) is 150 Å².